The maximum absolute atomic E-state index is 4.50. The number of hydrogen-bond acceptors (Lipinski definition) is 4. The van der Waals surface area contributed by atoms with E-state index in [9.17, 15) is 0 Å². The molecule has 0 atom stereocenters. The first kappa shape index (κ1) is 13.9. The van der Waals surface area contributed by atoms with Gasteiger partial charge >= 0.3 is 0 Å². The van der Waals surface area contributed by atoms with Crippen molar-refractivity contribution in [2.75, 3.05) is 0 Å². The first-order valence-electron chi connectivity index (χ1n) is 7.68. The summed E-state index contributed by atoms with van der Waals surface area (Å²) < 4.78 is 0. The van der Waals surface area contributed by atoms with E-state index in [0.717, 1.165) is 29.2 Å². The van der Waals surface area contributed by atoms with Crippen LogP contribution in [0.25, 0.3) is 17.6 Å². The number of fused-ring (bicyclic) bond motifs is 1. The summed E-state index contributed by atoms with van der Waals surface area (Å²) in [5, 5.41) is 16.5. The zero-order valence-electron chi connectivity index (χ0n) is 12.7. The second-order valence-corrected chi connectivity index (χ2v) is 7.47. The third-order valence-electron chi connectivity index (χ3n) is 4.67. The molecular weight excluding hydrogens is 336 g/mol. The van der Waals surface area contributed by atoms with Gasteiger partial charge in [-0.3, -0.25) is 5.10 Å². The Bertz CT molecular complexity index is 942. The molecule has 24 heavy (non-hydrogen) atoms. The van der Waals surface area contributed by atoms with Gasteiger partial charge in [-0.1, -0.05) is 12.2 Å². The molecule has 4 aromatic rings. The van der Waals surface area contributed by atoms with Crippen molar-refractivity contribution >= 4 is 28.7 Å². The van der Waals surface area contributed by atoms with E-state index in [1.807, 2.05) is 6.20 Å². The molecule has 4 nitrogen and oxygen atoms in total. The Morgan fingerprint density at radius 2 is 1.88 bits per heavy atom. The molecule has 118 valence electrons. The number of H-pyrrole nitrogens is 2. The van der Waals surface area contributed by atoms with E-state index >= 15 is 0 Å². The minimum atomic E-state index is -0.125. The molecule has 5 rings (SSSR count). The molecule has 0 unspecified atom stereocenters. The van der Waals surface area contributed by atoms with Gasteiger partial charge in [0.1, 0.15) is 5.69 Å². The fourth-order valence-corrected chi connectivity index (χ4v) is 4.92. The molecule has 1 aliphatic carbocycles. The lowest BCUT2D eigenvalue weighted by molar-refractivity contribution is 0.625. The highest BCUT2D eigenvalue weighted by atomic mass is 32.1. The molecule has 4 aromatic heterocycles. The van der Waals surface area contributed by atoms with Crippen LogP contribution in [0.3, 0.4) is 0 Å². The zero-order chi connectivity index (χ0) is 16.0. The maximum atomic E-state index is 4.50. The fraction of sp³-hybridized carbons (Fsp3) is 0.111. The summed E-state index contributed by atoms with van der Waals surface area (Å²) in [6, 6.07) is 4.45. The van der Waals surface area contributed by atoms with E-state index in [1.54, 1.807) is 28.9 Å². The summed E-state index contributed by atoms with van der Waals surface area (Å²) in [7, 11) is 0. The number of thiophene rings is 2. The Morgan fingerprint density at radius 3 is 2.50 bits per heavy atom. The van der Waals surface area contributed by atoms with Crippen LogP contribution in [0.1, 0.15) is 22.4 Å². The number of nitrogens with one attached hydrogen (secondary N) is 2. The Kier molecular flexibility index (Phi) is 3.08. The Hall–Kier alpha value is -2.44. The van der Waals surface area contributed by atoms with Gasteiger partial charge in [-0.25, -0.2) is 4.98 Å². The number of allylic oxidation sites excluding steroid dienone is 1. The van der Waals surface area contributed by atoms with Gasteiger partial charge in [0.15, 0.2) is 5.82 Å². The minimum absolute atomic E-state index is 0.125. The molecular formula is C18H14N4S2. The monoisotopic (exact) mass is 350 g/mol. The predicted molar refractivity (Wildman–Crippen MR) is 98.3 cm³/mol. The topological polar surface area (TPSA) is 57.4 Å². The number of aromatic amines is 2. The standard InChI is InChI=1S/C18H14N4S2/c1-4-18(12-2-7-23-10-12,13-3-8-24-11-13)9-15-14(1)16(22-21-15)17-19-5-6-20-17/h1-8,10-11H,9H2,(H,19,20)(H,21,22). The number of hydrogen-bond donors (Lipinski definition) is 2. The van der Waals surface area contributed by atoms with Gasteiger partial charge in [-0.15, -0.1) is 0 Å². The molecule has 2 N–H and O–H groups in total. The summed E-state index contributed by atoms with van der Waals surface area (Å²) in [5.41, 5.74) is 5.71. The summed E-state index contributed by atoms with van der Waals surface area (Å²) in [6.07, 6.45) is 8.96. The first-order chi connectivity index (χ1) is 11.9. The van der Waals surface area contributed by atoms with Crippen LogP contribution in [0.2, 0.25) is 0 Å². The molecule has 0 saturated heterocycles. The fourth-order valence-electron chi connectivity index (χ4n) is 3.44. The van der Waals surface area contributed by atoms with Crippen molar-refractivity contribution in [3.63, 3.8) is 0 Å². The lowest BCUT2D eigenvalue weighted by atomic mass is 9.70. The van der Waals surface area contributed by atoms with Gasteiger partial charge < -0.3 is 4.98 Å². The molecule has 0 aliphatic heterocycles. The molecule has 0 radical (unpaired) electrons. The van der Waals surface area contributed by atoms with Crippen LogP contribution >= 0.6 is 22.7 Å². The summed E-state index contributed by atoms with van der Waals surface area (Å²) >= 11 is 3.48. The van der Waals surface area contributed by atoms with Crippen molar-refractivity contribution in [2.24, 2.45) is 0 Å². The van der Waals surface area contributed by atoms with Crippen molar-refractivity contribution in [1.29, 1.82) is 0 Å². The first-order valence-corrected chi connectivity index (χ1v) is 9.57. The van der Waals surface area contributed by atoms with Gasteiger partial charge in [-0.05, 0) is 44.8 Å². The number of nitrogens with zero attached hydrogens (tertiary/aromatic N) is 2. The molecule has 0 saturated carbocycles. The highest BCUT2D eigenvalue weighted by Crippen LogP contribution is 2.43. The zero-order valence-corrected chi connectivity index (χ0v) is 14.3. The SMILES string of the molecule is C1=CC(c2ccsc2)(c2ccsc2)Cc2[nH]nc(-c3ncc[nH]3)c21. The number of rotatable bonds is 3. The van der Waals surface area contributed by atoms with Crippen molar-refractivity contribution in [3.05, 3.63) is 74.5 Å². The second kappa shape index (κ2) is 5.29. The second-order valence-electron chi connectivity index (χ2n) is 5.91. The average molecular weight is 350 g/mol. The van der Waals surface area contributed by atoms with Crippen LogP contribution in [0.4, 0.5) is 0 Å². The molecule has 6 heteroatoms. The largest absolute Gasteiger partial charge is 0.343 e. The minimum Gasteiger partial charge on any atom is -0.343 e. The average Bonchev–Trinajstić information content (AvgIpc) is 3.43. The van der Waals surface area contributed by atoms with E-state index in [1.165, 1.54) is 11.1 Å². The van der Waals surface area contributed by atoms with E-state index in [-0.39, 0.29) is 5.41 Å². The van der Waals surface area contributed by atoms with Gasteiger partial charge in [0.05, 0.1) is 0 Å². The Labute approximate surface area is 146 Å². The molecule has 0 fully saturated rings. The molecule has 4 heterocycles. The van der Waals surface area contributed by atoms with Crippen molar-refractivity contribution in [3.8, 4) is 11.5 Å². The molecule has 1 aliphatic rings. The van der Waals surface area contributed by atoms with Crippen molar-refractivity contribution in [1.82, 2.24) is 20.2 Å². The summed E-state index contributed by atoms with van der Waals surface area (Å²) in [4.78, 5) is 7.48. The highest BCUT2D eigenvalue weighted by Gasteiger charge is 2.37. The molecule has 0 bridgehead atoms. The van der Waals surface area contributed by atoms with Crippen molar-refractivity contribution < 1.29 is 0 Å². The normalized spacial score (nSPS) is 15.5. The quantitative estimate of drug-likeness (QED) is 0.572. The van der Waals surface area contributed by atoms with Crippen LogP contribution in [-0.2, 0) is 11.8 Å². The number of aromatic nitrogens is 4. The van der Waals surface area contributed by atoms with Crippen LogP contribution in [-0.4, -0.2) is 20.2 Å². The Balaban J connectivity index is 1.66. The third-order valence-corrected chi connectivity index (χ3v) is 6.03. The van der Waals surface area contributed by atoms with E-state index in [2.05, 4.69) is 66.0 Å². The van der Waals surface area contributed by atoms with Crippen LogP contribution in [0, 0.1) is 0 Å². The number of imidazole rings is 1. The van der Waals surface area contributed by atoms with Crippen molar-refractivity contribution in [2.45, 2.75) is 11.8 Å². The van der Waals surface area contributed by atoms with Gasteiger partial charge in [0, 0.05) is 35.5 Å². The van der Waals surface area contributed by atoms with Crippen LogP contribution < -0.4 is 0 Å². The van der Waals surface area contributed by atoms with E-state index < -0.39 is 0 Å². The summed E-state index contributed by atoms with van der Waals surface area (Å²) in [5.74, 6) is 0.802. The van der Waals surface area contributed by atoms with Crippen LogP contribution in [0.5, 0.6) is 0 Å². The lowest BCUT2D eigenvalue weighted by Crippen LogP contribution is -2.29. The predicted octanol–water partition coefficient (Wildman–Crippen LogP) is 4.48. The molecule has 0 amide bonds. The highest BCUT2D eigenvalue weighted by molar-refractivity contribution is 7.08. The summed E-state index contributed by atoms with van der Waals surface area (Å²) in [6.45, 7) is 0. The van der Waals surface area contributed by atoms with Gasteiger partial charge in [0.2, 0.25) is 0 Å². The van der Waals surface area contributed by atoms with Crippen LogP contribution in [0.15, 0.2) is 52.1 Å². The van der Waals surface area contributed by atoms with Gasteiger partial charge in [0.25, 0.3) is 0 Å². The van der Waals surface area contributed by atoms with E-state index in [0.29, 0.717) is 0 Å². The lowest BCUT2D eigenvalue weighted by Gasteiger charge is -2.32. The van der Waals surface area contributed by atoms with E-state index in [4.69, 9.17) is 0 Å². The van der Waals surface area contributed by atoms with Gasteiger partial charge in [-0.2, -0.15) is 27.8 Å². The third kappa shape index (κ3) is 1.96. The molecule has 0 aromatic carbocycles. The smallest absolute Gasteiger partial charge is 0.158 e. The maximum Gasteiger partial charge on any atom is 0.158 e. The Morgan fingerprint density at radius 1 is 1.08 bits per heavy atom. The molecule has 0 spiro atoms.